The highest BCUT2D eigenvalue weighted by Crippen LogP contribution is 2.21. The quantitative estimate of drug-likeness (QED) is 0.477. The first kappa shape index (κ1) is 19.0. The molecule has 1 aromatic carbocycles. The van der Waals surface area contributed by atoms with Crippen LogP contribution >= 0.6 is 0 Å². The molecular formula is C20H32N4O2. The minimum atomic E-state index is 0.161. The van der Waals surface area contributed by atoms with Gasteiger partial charge in [-0.3, -0.25) is 4.99 Å². The van der Waals surface area contributed by atoms with Crippen molar-refractivity contribution in [2.75, 3.05) is 58.4 Å². The average molecular weight is 361 g/mol. The lowest BCUT2D eigenvalue weighted by atomic mass is 10.1. The van der Waals surface area contributed by atoms with Crippen molar-refractivity contribution >= 4 is 11.6 Å². The molecule has 3 rings (SSSR count). The molecule has 2 saturated heterocycles. The predicted octanol–water partition coefficient (Wildman–Crippen LogP) is 1.97. The summed E-state index contributed by atoms with van der Waals surface area (Å²) in [7, 11) is 3.99. The number of hydrogen-bond donors (Lipinski definition) is 1. The Morgan fingerprint density at radius 3 is 2.77 bits per heavy atom. The molecule has 0 aliphatic carbocycles. The highest BCUT2D eigenvalue weighted by atomic mass is 16.5. The molecule has 0 radical (unpaired) electrons. The average Bonchev–Trinajstić information content (AvgIpc) is 3.23. The second-order valence-corrected chi connectivity index (χ2v) is 6.99. The van der Waals surface area contributed by atoms with Crippen molar-refractivity contribution in [1.29, 1.82) is 0 Å². The van der Waals surface area contributed by atoms with Gasteiger partial charge in [0.1, 0.15) is 6.10 Å². The Morgan fingerprint density at radius 2 is 2.04 bits per heavy atom. The van der Waals surface area contributed by atoms with Gasteiger partial charge in [0.2, 0.25) is 0 Å². The zero-order valence-corrected chi connectivity index (χ0v) is 16.1. The van der Waals surface area contributed by atoms with Crippen molar-refractivity contribution in [3.8, 4) is 0 Å². The summed E-state index contributed by atoms with van der Waals surface area (Å²) >= 11 is 0. The third-order valence-electron chi connectivity index (χ3n) is 5.13. The summed E-state index contributed by atoms with van der Waals surface area (Å²) in [6, 6.07) is 10.5. The van der Waals surface area contributed by atoms with Gasteiger partial charge in [-0.15, -0.1) is 0 Å². The summed E-state index contributed by atoms with van der Waals surface area (Å²) in [6.45, 7) is 5.26. The van der Waals surface area contributed by atoms with Crippen LogP contribution in [-0.2, 0) is 9.47 Å². The van der Waals surface area contributed by atoms with E-state index in [1.165, 1.54) is 5.69 Å². The summed E-state index contributed by atoms with van der Waals surface area (Å²) in [5.41, 5.74) is 1.25. The first-order chi connectivity index (χ1) is 12.8. The van der Waals surface area contributed by atoms with Gasteiger partial charge in [0.25, 0.3) is 0 Å². The van der Waals surface area contributed by atoms with E-state index in [-0.39, 0.29) is 12.2 Å². The van der Waals surface area contributed by atoms with Crippen LogP contribution in [0.5, 0.6) is 0 Å². The highest BCUT2D eigenvalue weighted by molar-refractivity contribution is 5.80. The van der Waals surface area contributed by atoms with Crippen molar-refractivity contribution < 1.29 is 9.47 Å². The molecule has 2 aliphatic rings. The molecule has 0 spiro atoms. The van der Waals surface area contributed by atoms with Gasteiger partial charge < -0.3 is 24.6 Å². The molecule has 26 heavy (non-hydrogen) atoms. The van der Waals surface area contributed by atoms with Gasteiger partial charge in [-0.05, 0) is 31.4 Å². The normalized spacial score (nSPS) is 23.9. The van der Waals surface area contributed by atoms with E-state index in [1.54, 1.807) is 0 Å². The molecule has 0 bridgehead atoms. The minimum absolute atomic E-state index is 0.161. The van der Waals surface area contributed by atoms with Crippen molar-refractivity contribution in [2.24, 2.45) is 4.99 Å². The highest BCUT2D eigenvalue weighted by Gasteiger charge is 2.32. The Hall–Kier alpha value is -1.79. The van der Waals surface area contributed by atoms with Crippen molar-refractivity contribution in [3.63, 3.8) is 0 Å². The number of nitrogens with one attached hydrogen (secondary N) is 1. The van der Waals surface area contributed by atoms with E-state index >= 15 is 0 Å². The molecule has 2 heterocycles. The molecule has 0 aromatic heterocycles. The van der Waals surface area contributed by atoms with Gasteiger partial charge in [0, 0.05) is 52.6 Å². The van der Waals surface area contributed by atoms with Gasteiger partial charge in [0.15, 0.2) is 5.96 Å². The number of hydrogen-bond acceptors (Lipinski definition) is 4. The Kier molecular flexibility index (Phi) is 7.14. The van der Waals surface area contributed by atoms with Gasteiger partial charge in [0.05, 0.1) is 12.7 Å². The number of nitrogens with zero attached hydrogens (tertiary/aromatic N) is 3. The summed E-state index contributed by atoms with van der Waals surface area (Å²) in [4.78, 5) is 9.06. The number of ether oxygens (including phenoxy) is 2. The monoisotopic (exact) mass is 360 g/mol. The Balaban J connectivity index is 1.41. The fourth-order valence-corrected chi connectivity index (χ4v) is 3.65. The topological polar surface area (TPSA) is 49.3 Å². The summed E-state index contributed by atoms with van der Waals surface area (Å²) < 4.78 is 11.7. The van der Waals surface area contributed by atoms with Crippen molar-refractivity contribution in [2.45, 2.75) is 31.5 Å². The maximum atomic E-state index is 5.94. The molecule has 1 N–H and O–H groups in total. The van der Waals surface area contributed by atoms with E-state index in [0.717, 1.165) is 64.6 Å². The second kappa shape index (κ2) is 9.78. The van der Waals surface area contributed by atoms with Crippen LogP contribution in [0.4, 0.5) is 5.69 Å². The van der Waals surface area contributed by atoms with Crippen molar-refractivity contribution in [1.82, 2.24) is 10.2 Å². The van der Waals surface area contributed by atoms with E-state index in [1.807, 2.05) is 7.05 Å². The van der Waals surface area contributed by atoms with Gasteiger partial charge in [-0.2, -0.15) is 0 Å². The maximum absolute atomic E-state index is 5.94. The van der Waals surface area contributed by atoms with E-state index in [2.05, 4.69) is 57.5 Å². The zero-order chi connectivity index (χ0) is 18.2. The van der Waals surface area contributed by atoms with E-state index in [9.17, 15) is 0 Å². The number of rotatable bonds is 6. The van der Waals surface area contributed by atoms with Gasteiger partial charge in [-0.25, -0.2) is 0 Å². The largest absolute Gasteiger partial charge is 0.375 e. The molecule has 2 atom stereocenters. The number of aliphatic imine (C=N–C) groups is 1. The fraction of sp³-hybridized carbons (Fsp3) is 0.650. The molecule has 0 amide bonds. The third kappa shape index (κ3) is 5.11. The number of para-hydroxylation sites is 1. The van der Waals surface area contributed by atoms with Crippen LogP contribution in [0.3, 0.4) is 0 Å². The van der Waals surface area contributed by atoms with Gasteiger partial charge >= 0.3 is 0 Å². The molecule has 2 unspecified atom stereocenters. The molecular weight excluding hydrogens is 328 g/mol. The lowest BCUT2D eigenvalue weighted by Crippen LogP contribution is -2.53. The van der Waals surface area contributed by atoms with Crippen LogP contribution in [-0.4, -0.2) is 76.6 Å². The van der Waals surface area contributed by atoms with Crippen LogP contribution in [0.1, 0.15) is 19.3 Å². The molecule has 6 heteroatoms. The SMILES string of the molecule is CN=C(NCCCN(C)c1ccccc1)N1CCOC(C2CCCO2)C1. The smallest absolute Gasteiger partial charge is 0.193 e. The van der Waals surface area contributed by atoms with Crippen LogP contribution in [0.15, 0.2) is 35.3 Å². The van der Waals surface area contributed by atoms with E-state index in [4.69, 9.17) is 9.47 Å². The Morgan fingerprint density at radius 1 is 1.23 bits per heavy atom. The van der Waals surface area contributed by atoms with Gasteiger partial charge in [-0.1, -0.05) is 18.2 Å². The standard InChI is InChI=1S/C20H32N4O2/c1-21-20(22-11-7-12-23(2)17-8-4-3-5-9-17)24-13-15-26-19(16-24)18-10-6-14-25-18/h3-5,8-9,18-19H,6-7,10-16H2,1-2H3,(H,21,22). The fourth-order valence-electron chi connectivity index (χ4n) is 3.65. The van der Waals surface area contributed by atoms with Crippen LogP contribution < -0.4 is 10.2 Å². The van der Waals surface area contributed by atoms with Crippen molar-refractivity contribution in [3.05, 3.63) is 30.3 Å². The maximum Gasteiger partial charge on any atom is 0.193 e. The Bertz CT molecular complexity index is 560. The molecule has 6 nitrogen and oxygen atoms in total. The predicted molar refractivity (Wildman–Crippen MR) is 106 cm³/mol. The molecule has 144 valence electrons. The van der Waals surface area contributed by atoms with E-state index in [0.29, 0.717) is 0 Å². The first-order valence-electron chi connectivity index (χ1n) is 9.73. The lowest BCUT2D eigenvalue weighted by Gasteiger charge is -2.37. The third-order valence-corrected chi connectivity index (χ3v) is 5.13. The summed E-state index contributed by atoms with van der Waals surface area (Å²) in [6.07, 6.45) is 3.72. The number of benzene rings is 1. The van der Waals surface area contributed by atoms with Crippen LogP contribution in [0, 0.1) is 0 Å². The van der Waals surface area contributed by atoms with E-state index < -0.39 is 0 Å². The number of anilines is 1. The molecule has 2 fully saturated rings. The minimum Gasteiger partial charge on any atom is -0.375 e. The second-order valence-electron chi connectivity index (χ2n) is 6.99. The molecule has 2 aliphatic heterocycles. The zero-order valence-electron chi connectivity index (χ0n) is 16.1. The number of guanidine groups is 1. The Labute approximate surface area is 157 Å². The lowest BCUT2D eigenvalue weighted by molar-refractivity contribution is -0.0816. The summed E-state index contributed by atoms with van der Waals surface area (Å²) in [5, 5.41) is 3.51. The molecule has 0 saturated carbocycles. The first-order valence-corrected chi connectivity index (χ1v) is 9.73. The molecule has 1 aromatic rings. The summed E-state index contributed by atoms with van der Waals surface area (Å²) in [5.74, 6) is 0.971. The number of morpholine rings is 1. The van der Waals surface area contributed by atoms with Crippen LogP contribution in [0.25, 0.3) is 0 Å². The van der Waals surface area contributed by atoms with Crippen LogP contribution in [0.2, 0.25) is 0 Å².